The molecule has 0 atom stereocenters. The number of benzene rings is 2. The van der Waals surface area contributed by atoms with Crippen LogP contribution in [0, 0.1) is 0 Å². The molecule has 0 saturated carbocycles. The average Bonchev–Trinajstić information content (AvgIpc) is 3.26. The number of anilines is 1. The SMILES string of the molecule is O=C(Cc1ccc(S(=O)(=O)N2CCCCC2)s1)Nc1ccccc1Cc1ccccc1. The number of piperidine rings is 1. The van der Waals surface area contributed by atoms with Crippen molar-refractivity contribution < 1.29 is 13.2 Å². The Hall–Kier alpha value is -2.48. The van der Waals surface area contributed by atoms with Crippen molar-refractivity contribution in [3.05, 3.63) is 82.7 Å². The molecule has 0 spiro atoms. The topological polar surface area (TPSA) is 66.5 Å². The second-order valence-corrected chi connectivity index (χ2v) is 11.1. The number of hydrogen-bond acceptors (Lipinski definition) is 4. The predicted octanol–water partition coefficient (Wildman–Crippen LogP) is 4.69. The number of nitrogens with zero attached hydrogens (tertiary/aromatic N) is 1. The summed E-state index contributed by atoms with van der Waals surface area (Å²) in [5.41, 5.74) is 3.01. The predicted molar refractivity (Wildman–Crippen MR) is 125 cm³/mol. The highest BCUT2D eigenvalue weighted by atomic mass is 32.2. The van der Waals surface area contributed by atoms with E-state index in [2.05, 4.69) is 17.4 Å². The van der Waals surface area contributed by atoms with E-state index in [0.29, 0.717) is 17.3 Å². The largest absolute Gasteiger partial charge is 0.326 e. The van der Waals surface area contributed by atoms with Crippen molar-refractivity contribution in [1.82, 2.24) is 4.31 Å². The summed E-state index contributed by atoms with van der Waals surface area (Å²) in [5.74, 6) is -0.149. The normalized spacial score (nSPS) is 15.0. The molecule has 5 nitrogen and oxygen atoms in total. The highest BCUT2D eigenvalue weighted by Crippen LogP contribution is 2.28. The lowest BCUT2D eigenvalue weighted by Crippen LogP contribution is -2.35. The third-order valence-electron chi connectivity index (χ3n) is 5.41. The molecule has 1 aliphatic heterocycles. The quantitative estimate of drug-likeness (QED) is 0.563. The van der Waals surface area contributed by atoms with Crippen LogP contribution in [-0.2, 0) is 27.7 Å². The molecule has 1 saturated heterocycles. The summed E-state index contributed by atoms with van der Waals surface area (Å²) in [4.78, 5) is 13.4. The van der Waals surface area contributed by atoms with Gasteiger partial charge in [0.2, 0.25) is 5.91 Å². The van der Waals surface area contributed by atoms with Crippen LogP contribution in [-0.4, -0.2) is 31.7 Å². The summed E-state index contributed by atoms with van der Waals surface area (Å²) in [6.07, 6.45) is 3.77. The molecule has 7 heteroatoms. The first-order valence-corrected chi connectivity index (χ1v) is 12.8. The fraction of sp³-hybridized carbons (Fsp3) is 0.292. The van der Waals surface area contributed by atoms with E-state index >= 15 is 0 Å². The monoisotopic (exact) mass is 454 g/mol. The minimum atomic E-state index is -3.46. The summed E-state index contributed by atoms with van der Waals surface area (Å²) in [6, 6.07) is 21.3. The van der Waals surface area contributed by atoms with Crippen molar-refractivity contribution in [3.8, 4) is 0 Å². The van der Waals surface area contributed by atoms with Crippen LogP contribution in [0.25, 0.3) is 0 Å². The molecule has 2 heterocycles. The molecule has 4 rings (SSSR count). The minimum Gasteiger partial charge on any atom is -0.326 e. The third-order valence-corrected chi connectivity index (χ3v) is 8.86. The molecule has 162 valence electrons. The minimum absolute atomic E-state index is 0.149. The van der Waals surface area contributed by atoms with Crippen molar-refractivity contribution in [3.63, 3.8) is 0 Å². The van der Waals surface area contributed by atoms with Crippen LogP contribution >= 0.6 is 11.3 Å². The van der Waals surface area contributed by atoms with Gasteiger partial charge in [0.25, 0.3) is 10.0 Å². The van der Waals surface area contributed by atoms with E-state index in [0.717, 1.165) is 41.8 Å². The number of sulfonamides is 1. The van der Waals surface area contributed by atoms with Crippen LogP contribution in [0.4, 0.5) is 5.69 Å². The first-order valence-electron chi connectivity index (χ1n) is 10.5. The van der Waals surface area contributed by atoms with Gasteiger partial charge in [0.15, 0.2) is 0 Å². The Kier molecular flexibility index (Phi) is 6.85. The Morgan fingerprint density at radius 2 is 1.61 bits per heavy atom. The van der Waals surface area contributed by atoms with Gasteiger partial charge in [-0.15, -0.1) is 11.3 Å². The highest BCUT2D eigenvalue weighted by Gasteiger charge is 2.27. The Labute approximate surface area is 187 Å². The second kappa shape index (κ2) is 9.77. The van der Waals surface area contributed by atoms with Gasteiger partial charge in [-0.05, 0) is 48.6 Å². The average molecular weight is 455 g/mol. The van der Waals surface area contributed by atoms with Gasteiger partial charge in [0.1, 0.15) is 4.21 Å². The molecular formula is C24H26N2O3S2. The van der Waals surface area contributed by atoms with Crippen LogP contribution in [0.3, 0.4) is 0 Å². The summed E-state index contributed by atoms with van der Waals surface area (Å²) < 4.78 is 27.5. The van der Waals surface area contributed by atoms with Crippen LogP contribution < -0.4 is 5.32 Å². The number of amides is 1. The smallest absolute Gasteiger partial charge is 0.252 e. The lowest BCUT2D eigenvalue weighted by atomic mass is 10.0. The summed E-state index contributed by atoms with van der Waals surface area (Å²) in [6.45, 7) is 1.16. The van der Waals surface area contributed by atoms with Gasteiger partial charge in [-0.3, -0.25) is 4.79 Å². The Balaban J connectivity index is 1.42. The van der Waals surface area contributed by atoms with Crippen molar-refractivity contribution in [1.29, 1.82) is 0 Å². The zero-order valence-corrected chi connectivity index (χ0v) is 18.9. The summed E-state index contributed by atoms with van der Waals surface area (Å²) >= 11 is 1.19. The lowest BCUT2D eigenvalue weighted by molar-refractivity contribution is -0.115. The number of carbonyl (C=O) groups is 1. The number of para-hydroxylation sites is 1. The molecule has 0 radical (unpaired) electrons. The summed E-state index contributed by atoms with van der Waals surface area (Å²) in [7, 11) is -3.46. The van der Waals surface area contributed by atoms with Gasteiger partial charge in [0, 0.05) is 23.7 Å². The van der Waals surface area contributed by atoms with E-state index in [9.17, 15) is 13.2 Å². The van der Waals surface area contributed by atoms with E-state index in [1.807, 2.05) is 42.5 Å². The van der Waals surface area contributed by atoms with Crippen LogP contribution in [0.5, 0.6) is 0 Å². The number of thiophene rings is 1. The van der Waals surface area contributed by atoms with E-state index in [-0.39, 0.29) is 12.3 Å². The van der Waals surface area contributed by atoms with Crippen molar-refractivity contribution in [2.45, 2.75) is 36.3 Å². The van der Waals surface area contributed by atoms with Gasteiger partial charge >= 0.3 is 0 Å². The van der Waals surface area contributed by atoms with Gasteiger partial charge in [0.05, 0.1) is 6.42 Å². The maximum absolute atomic E-state index is 12.8. The van der Waals surface area contributed by atoms with Crippen molar-refractivity contribution in [2.75, 3.05) is 18.4 Å². The molecule has 1 aliphatic rings. The second-order valence-electron chi connectivity index (χ2n) is 7.73. The molecule has 1 aromatic heterocycles. The molecule has 0 aliphatic carbocycles. The Bertz CT molecular complexity index is 1130. The summed E-state index contributed by atoms with van der Waals surface area (Å²) in [5, 5.41) is 3.00. The highest BCUT2D eigenvalue weighted by molar-refractivity contribution is 7.91. The molecule has 0 unspecified atom stereocenters. The van der Waals surface area contributed by atoms with E-state index < -0.39 is 10.0 Å². The molecule has 31 heavy (non-hydrogen) atoms. The molecule has 1 amide bonds. The fourth-order valence-electron chi connectivity index (χ4n) is 3.79. The molecule has 2 aromatic carbocycles. The first kappa shape index (κ1) is 21.7. The molecule has 1 N–H and O–H groups in total. The maximum Gasteiger partial charge on any atom is 0.252 e. The van der Waals surface area contributed by atoms with Crippen molar-refractivity contribution in [2.24, 2.45) is 0 Å². The van der Waals surface area contributed by atoms with Crippen LogP contribution in [0.1, 0.15) is 35.3 Å². The molecule has 3 aromatic rings. The van der Waals surface area contributed by atoms with E-state index in [4.69, 9.17) is 0 Å². The third kappa shape index (κ3) is 5.42. The fourth-order valence-corrected chi connectivity index (χ4v) is 6.82. The zero-order chi connectivity index (χ0) is 21.7. The molecule has 1 fully saturated rings. The van der Waals surface area contributed by atoms with E-state index in [1.54, 1.807) is 16.4 Å². The van der Waals surface area contributed by atoms with Gasteiger partial charge in [-0.25, -0.2) is 8.42 Å². The van der Waals surface area contributed by atoms with Crippen LogP contribution in [0.2, 0.25) is 0 Å². The number of nitrogens with one attached hydrogen (secondary N) is 1. The van der Waals surface area contributed by atoms with Crippen LogP contribution in [0.15, 0.2) is 70.9 Å². The lowest BCUT2D eigenvalue weighted by Gasteiger charge is -2.25. The molecular weight excluding hydrogens is 428 g/mol. The number of carbonyl (C=O) groups excluding carboxylic acids is 1. The Morgan fingerprint density at radius 1 is 0.903 bits per heavy atom. The first-order chi connectivity index (χ1) is 15.0. The number of rotatable bonds is 7. The van der Waals surface area contributed by atoms with Crippen molar-refractivity contribution >= 4 is 33.0 Å². The van der Waals surface area contributed by atoms with Gasteiger partial charge in [-0.1, -0.05) is 55.0 Å². The zero-order valence-electron chi connectivity index (χ0n) is 17.3. The Morgan fingerprint density at radius 3 is 2.39 bits per heavy atom. The standard InChI is InChI=1S/C24H26N2O3S2/c27-23(25-22-12-6-5-11-20(22)17-19-9-3-1-4-10-19)18-21-13-14-24(30-21)31(28,29)26-15-7-2-8-16-26/h1,3-6,9-14H,2,7-8,15-18H2,(H,25,27). The van der Waals surface area contributed by atoms with Gasteiger partial charge in [-0.2, -0.15) is 4.31 Å². The number of hydrogen-bond donors (Lipinski definition) is 1. The van der Waals surface area contributed by atoms with E-state index in [1.165, 1.54) is 16.9 Å². The maximum atomic E-state index is 12.8. The molecule has 0 bridgehead atoms. The van der Waals surface area contributed by atoms with Gasteiger partial charge < -0.3 is 5.32 Å².